The van der Waals surface area contributed by atoms with Crippen molar-refractivity contribution in [3.63, 3.8) is 0 Å². The lowest BCUT2D eigenvalue weighted by Crippen LogP contribution is -2.24. The number of aliphatic hydroxyl groups is 1. The van der Waals surface area contributed by atoms with Gasteiger partial charge in [0.15, 0.2) is 5.78 Å². The molecule has 0 spiro atoms. The van der Waals surface area contributed by atoms with Gasteiger partial charge in [-0.05, 0) is 48.3 Å². The lowest BCUT2D eigenvalue weighted by atomic mass is 9.75. The van der Waals surface area contributed by atoms with Crippen LogP contribution in [0.5, 0.6) is 0 Å². The Hall–Kier alpha value is -1.57. The van der Waals surface area contributed by atoms with E-state index < -0.39 is 0 Å². The van der Waals surface area contributed by atoms with Gasteiger partial charge in [0.1, 0.15) is 5.76 Å². The van der Waals surface area contributed by atoms with E-state index in [0.717, 1.165) is 24.8 Å². The van der Waals surface area contributed by atoms with Crippen molar-refractivity contribution < 1.29 is 9.90 Å². The molecule has 1 aromatic rings. The fourth-order valence-corrected chi connectivity index (χ4v) is 3.76. The molecule has 0 heterocycles. The summed E-state index contributed by atoms with van der Waals surface area (Å²) in [5, 5.41) is 10.7. The number of hydrogen-bond donors (Lipinski definition) is 1. The van der Waals surface area contributed by atoms with E-state index in [0.29, 0.717) is 30.1 Å². The molecule has 2 atom stereocenters. The number of allylic oxidation sites excluding steroid dienone is 2. The SMILES string of the molecule is CCc1cc(C)cc(CC)c1C1=C(O)CC(C(C)CC)CC1=O. The van der Waals surface area contributed by atoms with Gasteiger partial charge in [-0.2, -0.15) is 0 Å². The number of benzene rings is 1. The summed E-state index contributed by atoms with van der Waals surface area (Å²) in [6.07, 6.45) is 4.00. The molecule has 2 nitrogen and oxygen atoms in total. The zero-order chi connectivity index (χ0) is 17.1. The van der Waals surface area contributed by atoms with Crippen LogP contribution in [0.3, 0.4) is 0 Å². The highest BCUT2D eigenvalue weighted by Gasteiger charge is 2.32. The lowest BCUT2D eigenvalue weighted by molar-refractivity contribution is -0.115. The summed E-state index contributed by atoms with van der Waals surface area (Å²) in [7, 11) is 0. The Kier molecular flexibility index (Phi) is 5.67. The Bertz CT molecular complexity index is 600. The van der Waals surface area contributed by atoms with Crippen molar-refractivity contribution in [2.24, 2.45) is 11.8 Å². The molecule has 23 heavy (non-hydrogen) atoms. The number of aryl methyl sites for hydroxylation is 3. The molecule has 1 aliphatic carbocycles. The monoisotopic (exact) mass is 314 g/mol. The second-order valence-corrected chi connectivity index (χ2v) is 6.96. The second-order valence-electron chi connectivity index (χ2n) is 6.96. The van der Waals surface area contributed by atoms with Crippen LogP contribution in [0.2, 0.25) is 0 Å². The Morgan fingerprint density at radius 2 is 1.70 bits per heavy atom. The van der Waals surface area contributed by atoms with E-state index in [1.165, 1.54) is 16.7 Å². The standard InChI is InChI=1S/C21H30O2/c1-6-14(5)17-11-18(22)21(19(23)12-17)20-15(7-2)9-13(4)10-16(20)8-3/h9-10,14,17,22H,6-8,11-12H2,1-5H3. The summed E-state index contributed by atoms with van der Waals surface area (Å²) in [6.45, 7) is 10.7. The van der Waals surface area contributed by atoms with Crippen LogP contribution in [0.4, 0.5) is 0 Å². The van der Waals surface area contributed by atoms with E-state index in [9.17, 15) is 9.90 Å². The molecular weight excluding hydrogens is 284 g/mol. The summed E-state index contributed by atoms with van der Waals surface area (Å²) >= 11 is 0. The second kappa shape index (κ2) is 7.33. The van der Waals surface area contributed by atoms with E-state index >= 15 is 0 Å². The van der Waals surface area contributed by atoms with Crippen LogP contribution >= 0.6 is 0 Å². The summed E-state index contributed by atoms with van der Waals surface area (Å²) in [6, 6.07) is 4.31. The van der Waals surface area contributed by atoms with Gasteiger partial charge in [-0.15, -0.1) is 0 Å². The van der Waals surface area contributed by atoms with Crippen molar-refractivity contribution in [2.75, 3.05) is 0 Å². The highest BCUT2D eigenvalue weighted by atomic mass is 16.3. The number of ketones is 1. The molecule has 0 bridgehead atoms. The molecule has 0 saturated heterocycles. The highest BCUT2D eigenvalue weighted by molar-refractivity contribution is 6.22. The first kappa shape index (κ1) is 17.8. The summed E-state index contributed by atoms with van der Waals surface area (Å²) < 4.78 is 0. The molecular formula is C21H30O2. The van der Waals surface area contributed by atoms with Gasteiger partial charge in [-0.1, -0.05) is 51.8 Å². The van der Waals surface area contributed by atoms with Crippen molar-refractivity contribution in [3.8, 4) is 0 Å². The van der Waals surface area contributed by atoms with Gasteiger partial charge in [0.05, 0.1) is 5.57 Å². The Morgan fingerprint density at radius 1 is 1.13 bits per heavy atom. The Balaban J connectivity index is 2.55. The van der Waals surface area contributed by atoms with Crippen LogP contribution in [0.1, 0.15) is 69.2 Å². The molecule has 2 heteroatoms. The first-order valence-corrected chi connectivity index (χ1v) is 9.00. The molecule has 2 unspecified atom stereocenters. The fourth-order valence-electron chi connectivity index (χ4n) is 3.76. The molecule has 0 saturated carbocycles. The number of Topliss-reactive ketones (excluding diaryl/α,β-unsaturated/α-hetero) is 1. The van der Waals surface area contributed by atoms with Gasteiger partial charge in [-0.3, -0.25) is 4.79 Å². The van der Waals surface area contributed by atoms with Crippen molar-refractivity contribution in [2.45, 2.75) is 66.7 Å². The number of carbonyl (C=O) groups is 1. The Morgan fingerprint density at radius 3 is 2.13 bits per heavy atom. The smallest absolute Gasteiger partial charge is 0.167 e. The van der Waals surface area contributed by atoms with Gasteiger partial charge >= 0.3 is 0 Å². The summed E-state index contributed by atoms with van der Waals surface area (Å²) in [5.41, 5.74) is 5.18. The van der Waals surface area contributed by atoms with Crippen LogP contribution in [-0.2, 0) is 17.6 Å². The minimum Gasteiger partial charge on any atom is -0.512 e. The first-order chi connectivity index (χ1) is 10.9. The van der Waals surface area contributed by atoms with Crippen molar-refractivity contribution in [1.82, 2.24) is 0 Å². The summed E-state index contributed by atoms with van der Waals surface area (Å²) in [4.78, 5) is 12.8. The minimum absolute atomic E-state index is 0.118. The Labute approximate surface area is 140 Å². The zero-order valence-corrected chi connectivity index (χ0v) is 15.2. The van der Waals surface area contributed by atoms with E-state index in [1.54, 1.807) is 0 Å². The molecule has 126 valence electrons. The lowest BCUT2D eigenvalue weighted by Gasteiger charge is -2.29. The predicted molar refractivity (Wildman–Crippen MR) is 96.7 cm³/mol. The molecule has 0 radical (unpaired) electrons. The van der Waals surface area contributed by atoms with E-state index in [1.807, 2.05) is 0 Å². The quantitative estimate of drug-likeness (QED) is 0.788. The van der Waals surface area contributed by atoms with E-state index in [4.69, 9.17) is 0 Å². The van der Waals surface area contributed by atoms with Gasteiger partial charge in [0.25, 0.3) is 0 Å². The van der Waals surface area contributed by atoms with Gasteiger partial charge in [0, 0.05) is 12.8 Å². The first-order valence-electron chi connectivity index (χ1n) is 9.00. The highest BCUT2D eigenvalue weighted by Crippen LogP contribution is 2.39. The predicted octanol–water partition coefficient (Wildman–Crippen LogP) is 5.41. The third-order valence-corrected chi connectivity index (χ3v) is 5.38. The van der Waals surface area contributed by atoms with Crippen molar-refractivity contribution in [3.05, 3.63) is 40.1 Å². The van der Waals surface area contributed by atoms with E-state index in [2.05, 4.69) is 46.8 Å². The molecule has 0 fully saturated rings. The van der Waals surface area contributed by atoms with Gasteiger partial charge < -0.3 is 5.11 Å². The van der Waals surface area contributed by atoms with Crippen LogP contribution in [0.25, 0.3) is 5.57 Å². The molecule has 1 aliphatic rings. The molecule has 0 amide bonds. The average molecular weight is 314 g/mol. The van der Waals surface area contributed by atoms with Crippen molar-refractivity contribution in [1.29, 1.82) is 0 Å². The third-order valence-electron chi connectivity index (χ3n) is 5.38. The molecule has 0 aliphatic heterocycles. The number of carbonyl (C=O) groups excluding carboxylic acids is 1. The maximum atomic E-state index is 12.8. The molecule has 2 rings (SSSR count). The molecule has 1 N–H and O–H groups in total. The van der Waals surface area contributed by atoms with Crippen LogP contribution in [0, 0.1) is 18.8 Å². The van der Waals surface area contributed by atoms with Gasteiger partial charge in [-0.25, -0.2) is 0 Å². The fraction of sp³-hybridized carbons (Fsp3) is 0.571. The number of aliphatic hydroxyl groups excluding tert-OH is 1. The normalized spacial score (nSPS) is 20.0. The average Bonchev–Trinajstić information content (AvgIpc) is 2.53. The van der Waals surface area contributed by atoms with Crippen LogP contribution in [0.15, 0.2) is 17.9 Å². The van der Waals surface area contributed by atoms with E-state index in [-0.39, 0.29) is 11.7 Å². The molecule has 1 aromatic carbocycles. The van der Waals surface area contributed by atoms with Gasteiger partial charge in [0.2, 0.25) is 0 Å². The third kappa shape index (κ3) is 3.52. The summed E-state index contributed by atoms with van der Waals surface area (Å²) in [5.74, 6) is 1.17. The largest absolute Gasteiger partial charge is 0.512 e. The number of rotatable bonds is 5. The maximum absolute atomic E-state index is 12.8. The van der Waals surface area contributed by atoms with Crippen molar-refractivity contribution >= 4 is 11.4 Å². The zero-order valence-electron chi connectivity index (χ0n) is 15.2. The number of hydrogen-bond acceptors (Lipinski definition) is 2. The van der Waals surface area contributed by atoms with Crippen LogP contribution in [-0.4, -0.2) is 10.9 Å². The molecule has 0 aromatic heterocycles. The maximum Gasteiger partial charge on any atom is 0.167 e. The topological polar surface area (TPSA) is 37.3 Å². The minimum atomic E-state index is 0.118. The van der Waals surface area contributed by atoms with Crippen LogP contribution < -0.4 is 0 Å².